The van der Waals surface area contributed by atoms with Gasteiger partial charge < -0.3 is 15.4 Å². The predicted molar refractivity (Wildman–Crippen MR) is 82.3 cm³/mol. The fourth-order valence-corrected chi connectivity index (χ4v) is 2.33. The quantitative estimate of drug-likeness (QED) is 0.846. The molecule has 2 rings (SSSR count). The van der Waals surface area contributed by atoms with Crippen LogP contribution < -0.4 is 15.4 Å². The molecule has 1 fully saturated rings. The molecule has 0 aromatic heterocycles. The lowest BCUT2D eigenvalue weighted by Gasteiger charge is -2.09. The van der Waals surface area contributed by atoms with Crippen molar-refractivity contribution in [2.75, 3.05) is 20.2 Å². The van der Waals surface area contributed by atoms with Gasteiger partial charge in [-0.3, -0.25) is 4.79 Å². The molecule has 0 bridgehead atoms. The Hall–Kier alpha value is -1.26. The number of hydrogen-bond acceptors (Lipinski definition) is 3. The summed E-state index contributed by atoms with van der Waals surface area (Å²) in [4.78, 5) is 11.7. The van der Waals surface area contributed by atoms with Gasteiger partial charge in [0.2, 0.25) is 5.91 Å². The van der Waals surface area contributed by atoms with Gasteiger partial charge in [-0.25, -0.2) is 0 Å². The molecule has 1 saturated heterocycles. The number of rotatable bonds is 6. The lowest BCUT2D eigenvalue weighted by atomic mass is 10.0. The van der Waals surface area contributed by atoms with E-state index in [0.717, 1.165) is 30.8 Å². The topological polar surface area (TPSA) is 50.4 Å². The van der Waals surface area contributed by atoms with Gasteiger partial charge in [0.25, 0.3) is 0 Å². The molecule has 0 spiro atoms. The standard InChI is InChI=1S/C15H22N2O2.ClH/c1-19-14-5-2-12(3-6-14)11-17-15(18)7-4-13-8-9-16-10-13;/h2-3,5-6,13,16H,4,7-11H2,1H3,(H,17,18);1H. The van der Waals surface area contributed by atoms with Crippen molar-refractivity contribution in [1.29, 1.82) is 0 Å². The molecule has 1 unspecified atom stereocenters. The van der Waals surface area contributed by atoms with Crippen LogP contribution in [0.2, 0.25) is 0 Å². The monoisotopic (exact) mass is 298 g/mol. The van der Waals surface area contributed by atoms with Crippen molar-refractivity contribution < 1.29 is 9.53 Å². The molecule has 1 aliphatic rings. The van der Waals surface area contributed by atoms with Crippen molar-refractivity contribution in [2.45, 2.75) is 25.8 Å². The molecule has 20 heavy (non-hydrogen) atoms. The molecular formula is C15H23ClN2O2. The highest BCUT2D eigenvalue weighted by Crippen LogP contribution is 2.14. The number of nitrogens with one attached hydrogen (secondary N) is 2. The van der Waals surface area contributed by atoms with Gasteiger partial charge in [-0.2, -0.15) is 0 Å². The second-order valence-corrected chi connectivity index (χ2v) is 5.02. The Morgan fingerprint density at radius 2 is 2.15 bits per heavy atom. The zero-order valence-corrected chi connectivity index (χ0v) is 12.7. The summed E-state index contributed by atoms with van der Waals surface area (Å²) in [6.07, 6.45) is 2.82. The van der Waals surface area contributed by atoms with Crippen LogP contribution in [0.1, 0.15) is 24.8 Å². The number of carbonyl (C=O) groups is 1. The van der Waals surface area contributed by atoms with E-state index in [0.29, 0.717) is 18.9 Å². The zero-order chi connectivity index (χ0) is 13.5. The van der Waals surface area contributed by atoms with Crippen LogP contribution in [0.15, 0.2) is 24.3 Å². The van der Waals surface area contributed by atoms with Crippen LogP contribution in [0, 0.1) is 5.92 Å². The highest BCUT2D eigenvalue weighted by atomic mass is 35.5. The Balaban J connectivity index is 0.00000200. The first-order valence-electron chi connectivity index (χ1n) is 6.88. The van der Waals surface area contributed by atoms with Crippen LogP contribution in [0.3, 0.4) is 0 Å². The van der Waals surface area contributed by atoms with Gasteiger partial charge >= 0.3 is 0 Å². The van der Waals surface area contributed by atoms with Crippen LogP contribution in [-0.4, -0.2) is 26.1 Å². The maximum absolute atomic E-state index is 11.7. The minimum atomic E-state index is 0. The van der Waals surface area contributed by atoms with Crippen molar-refractivity contribution in [2.24, 2.45) is 5.92 Å². The summed E-state index contributed by atoms with van der Waals surface area (Å²) >= 11 is 0. The number of hydrogen-bond donors (Lipinski definition) is 2. The molecule has 4 nitrogen and oxygen atoms in total. The summed E-state index contributed by atoms with van der Waals surface area (Å²) in [6, 6.07) is 7.76. The first-order chi connectivity index (χ1) is 9.28. The van der Waals surface area contributed by atoms with Crippen molar-refractivity contribution in [3.63, 3.8) is 0 Å². The molecular weight excluding hydrogens is 276 g/mol. The van der Waals surface area contributed by atoms with E-state index < -0.39 is 0 Å². The number of ether oxygens (including phenoxy) is 1. The molecule has 0 saturated carbocycles. The Morgan fingerprint density at radius 1 is 1.40 bits per heavy atom. The smallest absolute Gasteiger partial charge is 0.220 e. The van der Waals surface area contributed by atoms with Crippen LogP contribution in [0.25, 0.3) is 0 Å². The maximum Gasteiger partial charge on any atom is 0.220 e. The lowest BCUT2D eigenvalue weighted by Crippen LogP contribution is -2.23. The summed E-state index contributed by atoms with van der Waals surface area (Å²) in [6.45, 7) is 2.75. The zero-order valence-electron chi connectivity index (χ0n) is 11.9. The minimum Gasteiger partial charge on any atom is -0.497 e. The fourth-order valence-electron chi connectivity index (χ4n) is 2.33. The van der Waals surface area contributed by atoms with Gasteiger partial charge in [0, 0.05) is 13.0 Å². The van der Waals surface area contributed by atoms with Crippen LogP contribution in [-0.2, 0) is 11.3 Å². The van der Waals surface area contributed by atoms with Gasteiger partial charge in [-0.15, -0.1) is 12.4 Å². The molecule has 1 aliphatic heterocycles. The first-order valence-corrected chi connectivity index (χ1v) is 6.88. The number of benzene rings is 1. The molecule has 0 radical (unpaired) electrons. The average molecular weight is 299 g/mol. The molecule has 1 aromatic rings. The van der Waals surface area contributed by atoms with Gasteiger partial charge in [0.1, 0.15) is 5.75 Å². The van der Waals surface area contributed by atoms with E-state index in [1.54, 1.807) is 7.11 Å². The van der Waals surface area contributed by atoms with Gasteiger partial charge in [0.15, 0.2) is 0 Å². The van der Waals surface area contributed by atoms with E-state index in [-0.39, 0.29) is 18.3 Å². The van der Waals surface area contributed by atoms with Gasteiger partial charge in [-0.1, -0.05) is 12.1 Å². The van der Waals surface area contributed by atoms with E-state index in [1.807, 2.05) is 24.3 Å². The third-order valence-corrected chi connectivity index (χ3v) is 3.59. The molecule has 5 heteroatoms. The van der Waals surface area contributed by atoms with E-state index in [2.05, 4.69) is 10.6 Å². The second-order valence-electron chi connectivity index (χ2n) is 5.02. The predicted octanol–water partition coefficient (Wildman–Crippen LogP) is 2.12. The van der Waals surface area contributed by atoms with Gasteiger partial charge in [0.05, 0.1) is 7.11 Å². The number of halogens is 1. The molecule has 112 valence electrons. The van der Waals surface area contributed by atoms with E-state index >= 15 is 0 Å². The summed E-state index contributed by atoms with van der Waals surface area (Å²) in [5.41, 5.74) is 1.09. The highest BCUT2D eigenvalue weighted by molar-refractivity contribution is 5.85. The second kappa shape index (κ2) is 8.82. The van der Waals surface area contributed by atoms with Gasteiger partial charge in [-0.05, 0) is 49.5 Å². The molecule has 1 aromatic carbocycles. The molecule has 1 amide bonds. The first kappa shape index (κ1) is 16.8. The number of methoxy groups -OCH3 is 1. The highest BCUT2D eigenvalue weighted by Gasteiger charge is 2.15. The Kier molecular flexibility index (Phi) is 7.41. The third-order valence-electron chi connectivity index (χ3n) is 3.59. The summed E-state index contributed by atoms with van der Waals surface area (Å²) in [5.74, 6) is 1.65. The number of amides is 1. The molecule has 1 atom stereocenters. The Labute approximate surface area is 126 Å². The number of carbonyl (C=O) groups excluding carboxylic acids is 1. The van der Waals surface area contributed by atoms with Crippen LogP contribution in [0.4, 0.5) is 0 Å². The van der Waals surface area contributed by atoms with Crippen molar-refractivity contribution in [3.05, 3.63) is 29.8 Å². The van der Waals surface area contributed by atoms with Crippen LogP contribution in [0.5, 0.6) is 5.75 Å². The lowest BCUT2D eigenvalue weighted by molar-refractivity contribution is -0.121. The summed E-state index contributed by atoms with van der Waals surface area (Å²) in [5, 5.41) is 6.28. The van der Waals surface area contributed by atoms with E-state index in [9.17, 15) is 4.79 Å². The van der Waals surface area contributed by atoms with Crippen LogP contribution >= 0.6 is 12.4 Å². The van der Waals surface area contributed by atoms with E-state index in [4.69, 9.17) is 4.74 Å². The Bertz CT molecular complexity index is 403. The van der Waals surface area contributed by atoms with Crippen molar-refractivity contribution in [1.82, 2.24) is 10.6 Å². The van der Waals surface area contributed by atoms with E-state index in [1.165, 1.54) is 6.42 Å². The SMILES string of the molecule is COc1ccc(CNC(=O)CCC2CCNC2)cc1.Cl. The maximum atomic E-state index is 11.7. The minimum absolute atomic E-state index is 0. The van der Waals surface area contributed by atoms with Crippen molar-refractivity contribution >= 4 is 18.3 Å². The molecule has 2 N–H and O–H groups in total. The Morgan fingerprint density at radius 3 is 2.75 bits per heavy atom. The third kappa shape index (κ3) is 5.39. The van der Waals surface area contributed by atoms with Crippen molar-refractivity contribution in [3.8, 4) is 5.75 Å². The molecule has 0 aliphatic carbocycles. The fraction of sp³-hybridized carbons (Fsp3) is 0.533. The summed E-state index contributed by atoms with van der Waals surface area (Å²) < 4.78 is 5.10. The average Bonchev–Trinajstić information content (AvgIpc) is 2.96. The summed E-state index contributed by atoms with van der Waals surface area (Å²) in [7, 11) is 1.65. The normalized spacial score (nSPS) is 17.4. The largest absolute Gasteiger partial charge is 0.497 e. The molecule has 1 heterocycles.